The lowest BCUT2D eigenvalue weighted by Crippen LogP contribution is -2.53. The third kappa shape index (κ3) is 4.52. The summed E-state index contributed by atoms with van der Waals surface area (Å²) in [5.74, 6) is -3.08. The van der Waals surface area contributed by atoms with E-state index in [4.69, 9.17) is 0 Å². The van der Waals surface area contributed by atoms with Gasteiger partial charge in [0.1, 0.15) is 11.2 Å². The number of allylic oxidation sites excluding steroid dienone is 5. The molecule has 1 fully saturated rings. The molecule has 1 aliphatic heterocycles. The molecule has 3 aliphatic rings. The van der Waals surface area contributed by atoms with E-state index in [2.05, 4.69) is 10.3 Å². The molecule has 0 unspecified atom stereocenters. The van der Waals surface area contributed by atoms with E-state index < -0.39 is 28.8 Å². The summed E-state index contributed by atoms with van der Waals surface area (Å²) in [6.07, 6.45) is 10.2. The van der Waals surface area contributed by atoms with Crippen LogP contribution in [0.4, 0.5) is 0 Å². The summed E-state index contributed by atoms with van der Waals surface area (Å²) in [6.45, 7) is 5.40. The van der Waals surface area contributed by atoms with Crippen LogP contribution in [0.15, 0.2) is 65.9 Å². The van der Waals surface area contributed by atoms with Gasteiger partial charge in [-0.15, -0.1) is 0 Å². The third-order valence-corrected chi connectivity index (χ3v) is 9.03. The Morgan fingerprint density at radius 1 is 1.05 bits per heavy atom. The van der Waals surface area contributed by atoms with E-state index in [0.717, 1.165) is 22.0 Å². The Labute approximate surface area is 228 Å². The minimum Gasteiger partial charge on any atom is -0.392 e. The zero-order valence-corrected chi connectivity index (χ0v) is 22.7. The number of aliphatic hydroxyl groups excluding tert-OH is 1. The monoisotopic (exact) mass is 528 g/mol. The second-order valence-electron chi connectivity index (χ2n) is 11.4. The largest absolute Gasteiger partial charge is 0.392 e. The van der Waals surface area contributed by atoms with E-state index in [-0.39, 0.29) is 49.0 Å². The highest BCUT2D eigenvalue weighted by Crippen LogP contribution is 2.55. The first kappa shape index (κ1) is 27.0. The van der Waals surface area contributed by atoms with Crippen molar-refractivity contribution in [1.82, 2.24) is 10.3 Å². The number of rotatable bonds is 3. The molecule has 0 saturated carbocycles. The highest BCUT2D eigenvalue weighted by atomic mass is 16.3. The number of Topliss-reactive ketones (excluding diaryl/α,β-unsaturated/α-hetero) is 3. The van der Waals surface area contributed by atoms with Crippen LogP contribution in [0.3, 0.4) is 0 Å². The summed E-state index contributed by atoms with van der Waals surface area (Å²) in [5.41, 5.74) is 1.81. The summed E-state index contributed by atoms with van der Waals surface area (Å²) >= 11 is 0. The van der Waals surface area contributed by atoms with Gasteiger partial charge in [-0.25, -0.2) is 0 Å². The van der Waals surface area contributed by atoms with E-state index >= 15 is 0 Å². The van der Waals surface area contributed by atoms with E-state index in [9.17, 15) is 24.3 Å². The molecule has 0 bridgehead atoms. The number of aromatic nitrogens is 1. The number of nitrogens with one attached hydrogen (secondary N) is 2. The van der Waals surface area contributed by atoms with Gasteiger partial charge >= 0.3 is 0 Å². The molecule has 6 atom stereocenters. The molecule has 0 radical (unpaired) electrons. The highest BCUT2D eigenvalue weighted by molar-refractivity contribution is 6.43. The number of carbonyl (C=O) groups excluding carboxylic acids is 4. The number of ketones is 3. The first-order valence-corrected chi connectivity index (χ1v) is 13.8. The van der Waals surface area contributed by atoms with Crippen LogP contribution >= 0.6 is 0 Å². The van der Waals surface area contributed by atoms with Crippen LogP contribution in [0.1, 0.15) is 45.6 Å². The van der Waals surface area contributed by atoms with Crippen molar-refractivity contribution >= 4 is 34.2 Å². The molecule has 7 heteroatoms. The minimum atomic E-state index is -1.42. The normalized spacial score (nSPS) is 34.1. The van der Waals surface area contributed by atoms with Crippen molar-refractivity contribution in [3.8, 4) is 0 Å². The zero-order valence-electron chi connectivity index (χ0n) is 22.7. The lowest BCUT2D eigenvalue weighted by Gasteiger charge is -2.45. The van der Waals surface area contributed by atoms with Crippen molar-refractivity contribution in [1.29, 1.82) is 0 Å². The van der Waals surface area contributed by atoms with E-state index in [1.54, 1.807) is 13.0 Å². The maximum Gasteiger partial charge on any atom is 0.235 e. The number of carbonyl (C=O) groups is 4. The molecule has 2 heterocycles. The number of hydrogen-bond acceptors (Lipinski definition) is 5. The number of aliphatic hydroxyl groups is 1. The smallest absolute Gasteiger partial charge is 0.235 e. The number of benzene rings is 1. The quantitative estimate of drug-likeness (QED) is 0.316. The lowest BCUT2D eigenvalue weighted by atomic mass is 9.54. The molecule has 204 valence electrons. The first-order chi connectivity index (χ1) is 18.7. The Bertz CT molecular complexity index is 1430. The number of aromatic amines is 1. The molecule has 1 spiro atoms. The van der Waals surface area contributed by atoms with Crippen molar-refractivity contribution in [2.45, 2.75) is 52.5 Å². The van der Waals surface area contributed by atoms with Crippen molar-refractivity contribution in [3.63, 3.8) is 0 Å². The van der Waals surface area contributed by atoms with Crippen LogP contribution in [0, 0.1) is 29.1 Å². The van der Waals surface area contributed by atoms with Gasteiger partial charge in [0, 0.05) is 47.8 Å². The molecule has 7 nitrogen and oxygen atoms in total. The SMILES string of the molecule is C/C1=C/[C@@H](C)C/C=C\[C@H]2C=C(CO)[C@@H](C)[C@H]3[C@H](Cc4c[nH]c5ccccc45)NC(=O)[C@]32C(=O)CCC(=O)C1=O. The van der Waals surface area contributed by atoms with Gasteiger partial charge in [-0.3, -0.25) is 19.2 Å². The van der Waals surface area contributed by atoms with Gasteiger partial charge in [0.25, 0.3) is 0 Å². The van der Waals surface area contributed by atoms with Gasteiger partial charge in [-0.2, -0.15) is 0 Å². The van der Waals surface area contributed by atoms with Crippen LogP contribution in [0.5, 0.6) is 0 Å². The van der Waals surface area contributed by atoms with E-state index in [0.29, 0.717) is 18.4 Å². The average Bonchev–Trinajstić information content (AvgIpc) is 3.46. The predicted molar refractivity (Wildman–Crippen MR) is 149 cm³/mol. The van der Waals surface area contributed by atoms with Gasteiger partial charge in [0.2, 0.25) is 17.5 Å². The van der Waals surface area contributed by atoms with Crippen molar-refractivity contribution in [2.24, 2.45) is 29.1 Å². The molecule has 3 N–H and O–H groups in total. The molecule has 2 aliphatic carbocycles. The molecular weight excluding hydrogens is 492 g/mol. The first-order valence-electron chi connectivity index (χ1n) is 13.8. The van der Waals surface area contributed by atoms with Gasteiger partial charge in [-0.05, 0) is 54.4 Å². The zero-order chi connectivity index (χ0) is 27.9. The summed E-state index contributed by atoms with van der Waals surface area (Å²) in [7, 11) is 0. The maximum atomic E-state index is 14.2. The van der Waals surface area contributed by atoms with Crippen LogP contribution < -0.4 is 5.32 Å². The fraction of sp³-hybridized carbons (Fsp3) is 0.438. The number of para-hydroxylation sites is 1. The van der Waals surface area contributed by atoms with Gasteiger partial charge in [0.15, 0.2) is 0 Å². The number of fused-ring (bicyclic) bond motifs is 1. The van der Waals surface area contributed by atoms with E-state index in [1.165, 1.54) is 0 Å². The fourth-order valence-electron chi connectivity index (χ4n) is 7.10. The molecule has 1 saturated heterocycles. The summed E-state index contributed by atoms with van der Waals surface area (Å²) < 4.78 is 0. The Balaban J connectivity index is 1.60. The number of amides is 1. The van der Waals surface area contributed by atoms with E-state index in [1.807, 2.05) is 62.5 Å². The van der Waals surface area contributed by atoms with Crippen molar-refractivity contribution in [2.75, 3.05) is 6.61 Å². The van der Waals surface area contributed by atoms with Crippen LogP contribution in [0.2, 0.25) is 0 Å². The molecule has 1 amide bonds. The Morgan fingerprint density at radius 2 is 1.82 bits per heavy atom. The van der Waals surface area contributed by atoms with Crippen molar-refractivity contribution in [3.05, 3.63) is 71.5 Å². The maximum absolute atomic E-state index is 14.2. The number of H-pyrrole nitrogens is 1. The Hall–Kier alpha value is -3.58. The molecule has 1 aromatic heterocycles. The number of hydrogen-bond donors (Lipinski definition) is 3. The van der Waals surface area contributed by atoms with Gasteiger partial charge in [0.05, 0.1) is 6.61 Å². The van der Waals surface area contributed by atoms with Crippen LogP contribution in [-0.2, 0) is 25.6 Å². The molecule has 2 aromatic rings. The second-order valence-corrected chi connectivity index (χ2v) is 11.4. The summed E-state index contributed by atoms with van der Waals surface area (Å²) in [6, 6.07) is 7.62. The Morgan fingerprint density at radius 3 is 2.59 bits per heavy atom. The average molecular weight is 529 g/mol. The van der Waals surface area contributed by atoms with Crippen LogP contribution in [-0.4, -0.2) is 46.0 Å². The molecular formula is C32H36N2O5. The van der Waals surface area contributed by atoms with Crippen molar-refractivity contribution < 1.29 is 24.3 Å². The predicted octanol–water partition coefficient (Wildman–Crippen LogP) is 4.03. The molecule has 5 rings (SSSR count). The van der Waals surface area contributed by atoms with Crippen LogP contribution in [0.25, 0.3) is 10.9 Å². The molecule has 39 heavy (non-hydrogen) atoms. The minimum absolute atomic E-state index is 0.00275. The Kier molecular flexibility index (Phi) is 7.29. The van der Waals surface area contributed by atoms with Gasteiger partial charge in [-0.1, -0.05) is 56.4 Å². The fourth-order valence-corrected chi connectivity index (χ4v) is 7.10. The lowest BCUT2D eigenvalue weighted by molar-refractivity contribution is -0.146. The van der Waals surface area contributed by atoms with Gasteiger partial charge < -0.3 is 15.4 Å². The second kappa shape index (κ2) is 10.5. The molecule has 1 aromatic carbocycles. The summed E-state index contributed by atoms with van der Waals surface area (Å²) in [5, 5.41) is 14.5. The third-order valence-electron chi connectivity index (χ3n) is 9.03. The standard InChI is InChI=1S/C32H36N2O5/c1-18-7-6-8-23-14-22(17-35)20(3)29-26(15-21-16-33-25-10-5-4-9-24(21)25)34-31(39)32(23,29)28(37)12-11-27(36)30(38)19(2)13-18/h4-6,8-10,13-14,16,18,20,23,26,29,33,35H,7,11-12,15,17H2,1-3H3,(H,34,39)/b8-6-,19-13-/t18-,20+,23-,26-,29-,32+/m0/s1. The highest BCUT2D eigenvalue weighted by Gasteiger charge is 2.65. The topological polar surface area (TPSA) is 116 Å². The summed E-state index contributed by atoms with van der Waals surface area (Å²) in [4.78, 5) is 57.0.